The SMILES string of the molecule is O=C(CCNS(=O)(=O)c1ncccc1F)N1CCCC1. The van der Waals surface area contributed by atoms with Crippen molar-refractivity contribution in [2.45, 2.75) is 24.3 Å². The van der Waals surface area contributed by atoms with Crippen molar-refractivity contribution in [3.8, 4) is 0 Å². The Morgan fingerprint density at radius 3 is 2.75 bits per heavy atom. The Balaban J connectivity index is 1.90. The first-order valence-corrected chi connectivity index (χ1v) is 7.87. The highest BCUT2D eigenvalue weighted by molar-refractivity contribution is 7.89. The molecular formula is C12H16FN3O3S. The van der Waals surface area contributed by atoms with Gasteiger partial charge in [0.1, 0.15) is 0 Å². The molecule has 0 aromatic carbocycles. The van der Waals surface area contributed by atoms with Gasteiger partial charge in [-0.05, 0) is 25.0 Å². The number of hydrogen-bond donors (Lipinski definition) is 1. The molecule has 0 atom stereocenters. The highest BCUT2D eigenvalue weighted by Crippen LogP contribution is 2.11. The fourth-order valence-corrected chi connectivity index (χ4v) is 3.09. The lowest BCUT2D eigenvalue weighted by Crippen LogP contribution is -2.33. The van der Waals surface area contributed by atoms with Crippen LogP contribution in [-0.2, 0) is 14.8 Å². The maximum absolute atomic E-state index is 13.4. The lowest BCUT2D eigenvalue weighted by atomic mass is 10.4. The molecule has 0 unspecified atom stereocenters. The van der Waals surface area contributed by atoms with Gasteiger partial charge in [0.05, 0.1) is 0 Å². The van der Waals surface area contributed by atoms with Crippen LogP contribution in [0.3, 0.4) is 0 Å². The first kappa shape index (κ1) is 14.9. The molecule has 1 saturated heterocycles. The number of likely N-dealkylation sites (tertiary alicyclic amines) is 1. The van der Waals surface area contributed by atoms with Crippen LogP contribution in [0.1, 0.15) is 19.3 Å². The predicted molar refractivity (Wildman–Crippen MR) is 69.8 cm³/mol. The third-order valence-corrected chi connectivity index (χ3v) is 4.46. The fraction of sp³-hybridized carbons (Fsp3) is 0.500. The summed E-state index contributed by atoms with van der Waals surface area (Å²) in [4.78, 5) is 16.9. The van der Waals surface area contributed by atoms with Gasteiger partial charge in [0.25, 0.3) is 10.0 Å². The van der Waals surface area contributed by atoms with Gasteiger partial charge in [-0.2, -0.15) is 0 Å². The van der Waals surface area contributed by atoms with Crippen LogP contribution in [0.25, 0.3) is 0 Å². The van der Waals surface area contributed by atoms with Gasteiger partial charge in [-0.1, -0.05) is 0 Å². The van der Waals surface area contributed by atoms with E-state index in [4.69, 9.17) is 0 Å². The number of rotatable bonds is 5. The molecule has 1 N–H and O–H groups in total. The number of nitrogens with zero attached hydrogens (tertiary/aromatic N) is 2. The van der Waals surface area contributed by atoms with Gasteiger partial charge in [-0.15, -0.1) is 0 Å². The van der Waals surface area contributed by atoms with E-state index in [2.05, 4.69) is 9.71 Å². The Hall–Kier alpha value is -1.54. The molecule has 1 aromatic rings. The second kappa shape index (κ2) is 6.27. The summed E-state index contributed by atoms with van der Waals surface area (Å²) in [5.74, 6) is -1.00. The Kier molecular flexibility index (Phi) is 4.66. The summed E-state index contributed by atoms with van der Waals surface area (Å²) in [6.07, 6.45) is 3.23. The Labute approximate surface area is 117 Å². The van der Waals surface area contributed by atoms with Crippen molar-refractivity contribution in [1.29, 1.82) is 0 Å². The van der Waals surface area contributed by atoms with Gasteiger partial charge >= 0.3 is 0 Å². The molecule has 2 heterocycles. The van der Waals surface area contributed by atoms with E-state index < -0.39 is 20.9 Å². The van der Waals surface area contributed by atoms with E-state index >= 15 is 0 Å². The number of carbonyl (C=O) groups excluding carboxylic acids is 1. The van der Waals surface area contributed by atoms with Crippen LogP contribution in [0.15, 0.2) is 23.4 Å². The smallest absolute Gasteiger partial charge is 0.261 e. The molecule has 8 heteroatoms. The number of halogens is 1. The number of amides is 1. The summed E-state index contributed by atoms with van der Waals surface area (Å²) >= 11 is 0. The number of sulfonamides is 1. The van der Waals surface area contributed by atoms with E-state index in [9.17, 15) is 17.6 Å². The molecular weight excluding hydrogens is 285 g/mol. The van der Waals surface area contributed by atoms with Crippen molar-refractivity contribution in [1.82, 2.24) is 14.6 Å². The molecule has 20 heavy (non-hydrogen) atoms. The zero-order chi connectivity index (χ0) is 14.6. The van der Waals surface area contributed by atoms with E-state index in [-0.39, 0.29) is 18.9 Å². The summed E-state index contributed by atoms with van der Waals surface area (Å²) < 4.78 is 39.2. The number of nitrogens with one attached hydrogen (secondary N) is 1. The minimum atomic E-state index is -4.02. The Bertz CT molecular complexity index is 585. The molecule has 1 aromatic heterocycles. The summed E-state index contributed by atoms with van der Waals surface area (Å²) in [6.45, 7) is 1.38. The minimum Gasteiger partial charge on any atom is -0.343 e. The third kappa shape index (κ3) is 3.51. The highest BCUT2D eigenvalue weighted by atomic mass is 32.2. The largest absolute Gasteiger partial charge is 0.343 e. The standard InChI is InChI=1S/C12H16FN3O3S/c13-10-4-3-6-14-12(10)20(18,19)15-7-5-11(17)16-8-1-2-9-16/h3-4,6,15H,1-2,5,7-9H2. The van der Waals surface area contributed by atoms with Crippen LogP contribution >= 0.6 is 0 Å². The predicted octanol–water partition coefficient (Wildman–Crippen LogP) is 0.512. The average Bonchev–Trinajstić information content (AvgIpc) is 2.92. The number of carbonyl (C=O) groups is 1. The maximum Gasteiger partial charge on any atom is 0.261 e. The Morgan fingerprint density at radius 1 is 1.40 bits per heavy atom. The van der Waals surface area contributed by atoms with E-state index in [0.717, 1.165) is 32.0 Å². The first-order valence-electron chi connectivity index (χ1n) is 6.39. The molecule has 110 valence electrons. The topological polar surface area (TPSA) is 79.4 Å². The van der Waals surface area contributed by atoms with Crippen molar-refractivity contribution >= 4 is 15.9 Å². The lowest BCUT2D eigenvalue weighted by molar-refractivity contribution is -0.129. The second-order valence-electron chi connectivity index (χ2n) is 4.53. The summed E-state index contributed by atoms with van der Waals surface area (Å²) in [7, 11) is -4.02. The zero-order valence-corrected chi connectivity index (χ0v) is 11.7. The molecule has 0 spiro atoms. The molecule has 0 aliphatic carbocycles. The highest BCUT2D eigenvalue weighted by Gasteiger charge is 2.22. The van der Waals surface area contributed by atoms with Crippen LogP contribution in [-0.4, -0.2) is 43.8 Å². The molecule has 0 radical (unpaired) electrons. The van der Waals surface area contributed by atoms with E-state index in [1.807, 2.05) is 0 Å². The van der Waals surface area contributed by atoms with Crippen molar-refractivity contribution in [3.63, 3.8) is 0 Å². The molecule has 0 saturated carbocycles. The maximum atomic E-state index is 13.4. The third-order valence-electron chi connectivity index (χ3n) is 3.07. The van der Waals surface area contributed by atoms with Crippen LogP contribution in [0.2, 0.25) is 0 Å². The van der Waals surface area contributed by atoms with Crippen LogP contribution in [0.5, 0.6) is 0 Å². The van der Waals surface area contributed by atoms with Crippen LogP contribution in [0, 0.1) is 5.82 Å². The average molecular weight is 301 g/mol. The Morgan fingerprint density at radius 2 is 2.10 bits per heavy atom. The normalized spacial score (nSPS) is 15.6. The van der Waals surface area contributed by atoms with Crippen LogP contribution in [0.4, 0.5) is 4.39 Å². The van der Waals surface area contributed by atoms with Gasteiger partial charge in [0, 0.05) is 32.3 Å². The first-order chi connectivity index (χ1) is 9.50. The summed E-state index contributed by atoms with van der Waals surface area (Å²) in [5.41, 5.74) is 0. The van der Waals surface area contributed by atoms with Crippen LogP contribution < -0.4 is 4.72 Å². The molecule has 1 amide bonds. The molecule has 1 aliphatic heterocycles. The second-order valence-corrected chi connectivity index (χ2v) is 6.21. The van der Waals surface area contributed by atoms with E-state index in [1.54, 1.807) is 4.90 Å². The van der Waals surface area contributed by atoms with Crippen molar-refractivity contribution in [3.05, 3.63) is 24.1 Å². The molecule has 0 bridgehead atoms. The summed E-state index contributed by atoms with van der Waals surface area (Å²) in [5, 5.41) is -0.645. The van der Waals surface area contributed by atoms with Crippen molar-refractivity contribution in [2.75, 3.05) is 19.6 Å². The molecule has 2 rings (SSSR count). The summed E-state index contributed by atoms with van der Waals surface area (Å²) in [6, 6.07) is 2.34. The van der Waals surface area contributed by atoms with Crippen molar-refractivity contribution < 1.29 is 17.6 Å². The number of aromatic nitrogens is 1. The molecule has 6 nitrogen and oxygen atoms in total. The van der Waals surface area contributed by atoms with Gasteiger partial charge in [0.15, 0.2) is 5.82 Å². The van der Waals surface area contributed by atoms with Crippen molar-refractivity contribution in [2.24, 2.45) is 0 Å². The van der Waals surface area contributed by atoms with Gasteiger partial charge < -0.3 is 4.90 Å². The lowest BCUT2D eigenvalue weighted by Gasteiger charge is -2.15. The van der Waals surface area contributed by atoms with Gasteiger partial charge in [0.2, 0.25) is 10.9 Å². The van der Waals surface area contributed by atoms with Gasteiger partial charge in [-0.25, -0.2) is 22.5 Å². The van der Waals surface area contributed by atoms with E-state index in [0.29, 0.717) is 0 Å². The zero-order valence-electron chi connectivity index (χ0n) is 10.9. The molecule has 1 aliphatic rings. The molecule has 1 fully saturated rings. The van der Waals surface area contributed by atoms with Gasteiger partial charge in [-0.3, -0.25) is 4.79 Å². The quantitative estimate of drug-likeness (QED) is 0.859. The van der Waals surface area contributed by atoms with E-state index in [1.165, 1.54) is 12.3 Å². The number of pyridine rings is 1. The number of hydrogen-bond acceptors (Lipinski definition) is 4. The fourth-order valence-electron chi connectivity index (χ4n) is 2.05. The minimum absolute atomic E-state index is 0.0618. The monoisotopic (exact) mass is 301 g/mol.